The minimum atomic E-state index is -0.759. The molecule has 1 aliphatic rings. The van der Waals surface area contributed by atoms with Gasteiger partial charge in [0.2, 0.25) is 0 Å². The Morgan fingerprint density at radius 3 is 2.58 bits per heavy atom. The maximum atomic E-state index is 11.7. The molecular weight excluding hydrogens is 244 g/mol. The summed E-state index contributed by atoms with van der Waals surface area (Å²) in [4.78, 5) is 23.0. The number of carbonyl (C=O) groups is 2. The highest BCUT2D eigenvalue weighted by molar-refractivity contribution is 5.81. The van der Waals surface area contributed by atoms with Crippen LogP contribution in [0.4, 0.5) is 0 Å². The largest absolute Gasteiger partial charge is 0.456 e. The van der Waals surface area contributed by atoms with Crippen molar-refractivity contribution in [3.05, 3.63) is 0 Å². The zero-order chi connectivity index (χ0) is 14.1. The number of esters is 1. The van der Waals surface area contributed by atoms with E-state index in [4.69, 9.17) is 4.74 Å². The third-order valence-electron chi connectivity index (χ3n) is 3.40. The first-order chi connectivity index (χ1) is 9.12. The summed E-state index contributed by atoms with van der Waals surface area (Å²) in [6.07, 6.45) is 6.38. The van der Waals surface area contributed by atoms with Crippen LogP contribution in [0.2, 0.25) is 0 Å². The summed E-state index contributed by atoms with van der Waals surface area (Å²) >= 11 is 0. The van der Waals surface area contributed by atoms with Gasteiger partial charge in [-0.1, -0.05) is 32.6 Å². The third kappa shape index (κ3) is 5.29. The molecule has 1 aliphatic carbocycles. The number of hydrogen-bond acceptors (Lipinski definition) is 4. The highest BCUT2D eigenvalue weighted by Crippen LogP contribution is 2.27. The van der Waals surface area contributed by atoms with Gasteiger partial charge in [-0.2, -0.15) is 5.26 Å². The number of nitrogens with one attached hydrogen (secondary N) is 1. The molecule has 106 valence electrons. The van der Waals surface area contributed by atoms with Crippen LogP contribution in [0.3, 0.4) is 0 Å². The highest BCUT2D eigenvalue weighted by atomic mass is 16.5. The van der Waals surface area contributed by atoms with Crippen LogP contribution in [0.25, 0.3) is 0 Å². The number of hydrogen-bond donors (Lipinski definition) is 1. The molecule has 1 fully saturated rings. The summed E-state index contributed by atoms with van der Waals surface area (Å²) in [5.74, 6) is -0.736. The minimum absolute atomic E-state index is 0.286. The van der Waals surface area contributed by atoms with Crippen LogP contribution in [-0.4, -0.2) is 24.0 Å². The fourth-order valence-corrected chi connectivity index (χ4v) is 2.26. The van der Waals surface area contributed by atoms with Crippen molar-refractivity contribution in [3.8, 4) is 6.07 Å². The van der Waals surface area contributed by atoms with Crippen LogP contribution < -0.4 is 5.32 Å². The van der Waals surface area contributed by atoms with E-state index < -0.39 is 5.54 Å². The highest BCUT2D eigenvalue weighted by Gasteiger charge is 2.33. The Bertz CT molecular complexity index is 354. The number of nitrogens with zero attached hydrogens (tertiary/aromatic N) is 1. The Morgan fingerprint density at radius 1 is 1.32 bits per heavy atom. The van der Waals surface area contributed by atoms with Gasteiger partial charge in [-0.25, -0.2) is 0 Å². The smallest absolute Gasteiger partial charge is 0.306 e. The van der Waals surface area contributed by atoms with E-state index in [0.29, 0.717) is 19.3 Å². The normalized spacial score (nSPS) is 17.3. The monoisotopic (exact) mass is 266 g/mol. The number of nitriles is 1. The molecular formula is C14H22N2O3. The SMILES string of the molecule is CCCCC(=O)OCC(=O)NC1(C#N)CCCCC1. The summed E-state index contributed by atoms with van der Waals surface area (Å²) < 4.78 is 4.88. The maximum Gasteiger partial charge on any atom is 0.306 e. The van der Waals surface area contributed by atoms with Crippen LogP contribution in [0.15, 0.2) is 0 Å². The zero-order valence-corrected chi connectivity index (χ0v) is 11.5. The lowest BCUT2D eigenvalue weighted by atomic mass is 9.83. The van der Waals surface area contributed by atoms with E-state index >= 15 is 0 Å². The Kier molecular flexibility index (Phi) is 6.34. The standard InChI is InChI=1S/C14H22N2O3/c1-2-3-7-13(18)19-10-12(17)16-14(11-15)8-5-4-6-9-14/h2-10H2,1H3,(H,16,17). The predicted octanol–water partition coefficient (Wildman–Crippen LogP) is 2.06. The van der Waals surface area contributed by atoms with Gasteiger partial charge >= 0.3 is 5.97 Å². The van der Waals surface area contributed by atoms with Crippen LogP contribution in [-0.2, 0) is 14.3 Å². The molecule has 1 N–H and O–H groups in total. The van der Waals surface area contributed by atoms with Gasteiger partial charge in [-0.3, -0.25) is 9.59 Å². The number of amides is 1. The van der Waals surface area contributed by atoms with Gasteiger partial charge < -0.3 is 10.1 Å². The molecule has 0 radical (unpaired) electrons. The van der Waals surface area contributed by atoms with E-state index in [0.717, 1.165) is 32.1 Å². The van der Waals surface area contributed by atoms with E-state index in [1.54, 1.807) is 0 Å². The fraction of sp³-hybridized carbons (Fsp3) is 0.786. The van der Waals surface area contributed by atoms with Crippen molar-refractivity contribution in [2.24, 2.45) is 0 Å². The van der Waals surface area contributed by atoms with E-state index in [2.05, 4.69) is 11.4 Å². The number of rotatable bonds is 6. The van der Waals surface area contributed by atoms with Gasteiger partial charge in [0.15, 0.2) is 6.61 Å². The molecule has 0 unspecified atom stereocenters. The Morgan fingerprint density at radius 2 is 2.00 bits per heavy atom. The van der Waals surface area contributed by atoms with Gasteiger partial charge in [0.05, 0.1) is 6.07 Å². The molecule has 1 saturated carbocycles. The summed E-state index contributed by atoms with van der Waals surface area (Å²) in [6.45, 7) is 1.70. The summed E-state index contributed by atoms with van der Waals surface area (Å²) in [7, 11) is 0. The lowest BCUT2D eigenvalue weighted by Gasteiger charge is -2.31. The van der Waals surface area contributed by atoms with Crippen molar-refractivity contribution in [2.75, 3.05) is 6.61 Å². The van der Waals surface area contributed by atoms with Crippen molar-refractivity contribution >= 4 is 11.9 Å². The van der Waals surface area contributed by atoms with Crippen molar-refractivity contribution in [3.63, 3.8) is 0 Å². The van der Waals surface area contributed by atoms with E-state index in [1.807, 2.05) is 6.92 Å². The first-order valence-corrected chi connectivity index (χ1v) is 7.00. The number of carbonyl (C=O) groups excluding carboxylic acids is 2. The molecule has 0 aromatic rings. The lowest BCUT2D eigenvalue weighted by molar-refractivity contribution is -0.149. The van der Waals surface area contributed by atoms with E-state index in [1.165, 1.54) is 0 Å². The fourth-order valence-electron chi connectivity index (χ4n) is 2.26. The van der Waals surface area contributed by atoms with Crippen LogP contribution in [0.5, 0.6) is 0 Å². The first-order valence-electron chi connectivity index (χ1n) is 7.00. The summed E-state index contributed by atoms with van der Waals surface area (Å²) in [5.41, 5.74) is -0.759. The second-order valence-corrected chi connectivity index (χ2v) is 5.07. The van der Waals surface area contributed by atoms with Crippen LogP contribution in [0.1, 0.15) is 58.3 Å². The Balaban J connectivity index is 2.33. The minimum Gasteiger partial charge on any atom is -0.456 e. The van der Waals surface area contributed by atoms with E-state index in [-0.39, 0.29) is 18.5 Å². The van der Waals surface area contributed by atoms with Gasteiger partial charge in [0, 0.05) is 6.42 Å². The topological polar surface area (TPSA) is 79.2 Å². The maximum absolute atomic E-state index is 11.7. The molecule has 5 nitrogen and oxygen atoms in total. The van der Waals surface area contributed by atoms with Gasteiger partial charge in [-0.15, -0.1) is 0 Å². The van der Waals surface area contributed by atoms with Crippen molar-refractivity contribution in [1.29, 1.82) is 5.26 Å². The lowest BCUT2D eigenvalue weighted by Crippen LogP contribution is -2.50. The Hall–Kier alpha value is -1.57. The molecule has 0 spiro atoms. The first kappa shape index (κ1) is 15.5. The van der Waals surface area contributed by atoms with Gasteiger partial charge in [-0.05, 0) is 19.3 Å². The van der Waals surface area contributed by atoms with Crippen molar-refractivity contribution < 1.29 is 14.3 Å². The van der Waals surface area contributed by atoms with Crippen LogP contribution >= 0.6 is 0 Å². The molecule has 0 heterocycles. The van der Waals surface area contributed by atoms with Crippen molar-refractivity contribution in [2.45, 2.75) is 63.8 Å². The third-order valence-corrected chi connectivity index (χ3v) is 3.40. The van der Waals surface area contributed by atoms with Crippen LogP contribution in [0, 0.1) is 11.3 Å². The second-order valence-electron chi connectivity index (χ2n) is 5.07. The average Bonchev–Trinajstić information content (AvgIpc) is 2.44. The molecule has 19 heavy (non-hydrogen) atoms. The molecule has 0 bridgehead atoms. The predicted molar refractivity (Wildman–Crippen MR) is 70.1 cm³/mol. The van der Waals surface area contributed by atoms with E-state index in [9.17, 15) is 14.9 Å². The molecule has 0 atom stereocenters. The molecule has 0 aliphatic heterocycles. The summed E-state index contributed by atoms with van der Waals surface area (Å²) in [6, 6.07) is 2.20. The second kappa shape index (κ2) is 7.78. The zero-order valence-electron chi connectivity index (χ0n) is 11.5. The molecule has 0 saturated heterocycles. The number of unbranched alkanes of at least 4 members (excludes halogenated alkanes) is 1. The molecule has 0 aromatic heterocycles. The van der Waals surface area contributed by atoms with Gasteiger partial charge in [0.1, 0.15) is 5.54 Å². The average molecular weight is 266 g/mol. The summed E-state index contributed by atoms with van der Waals surface area (Å²) in [5, 5.41) is 11.9. The van der Waals surface area contributed by atoms with Crippen molar-refractivity contribution in [1.82, 2.24) is 5.32 Å². The number of ether oxygens (including phenoxy) is 1. The molecule has 1 amide bonds. The Labute approximate surface area is 114 Å². The van der Waals surface area contributed by atoms with Gasteiger partial charge in [0.25, 0.3) is 5.91 Å². The molecule has 0 aromatic carbocycles. The molecule has 5 heteroatoms. The molecule has 1 rings (SSSR count). The quantitative estimate of drug-likeness (QED) is 0.746.